The third-order valence-corrected chi connectivity index (χ3v) is 4.72. The van der Waals surface area contributed by atoms with E-state index in [0.717, 1.165) is 18.1 Å². The predicted molar refractivity (Wildman–Crippen MR) is 103 cm³/mol. The second-order valence-electron chi connectivity index (χ2n) is 6.52. The van der Waals surface area contributed by atoms with Crippen molar-refractivity contribution in [3.8, 4) is 17.0 Å². The van der Waals surface area contributed by atoms with Crippen molar-refractivity contribution in [3.05, 3.63) is 54.6 Å². The average Bonchev–Trinajstić information content (AvgIpc) is 3.06. The van der Waals surface area contributed by atoms with Gasteiger partial charge in [-0.15, -0.1) is 0 Å². The zero-order valence-electron chi connectivity index (χ0n) is 14.7. The summed E-state index contributed by atoms with van der Waals surface area (Å²) < 4.78 is 6.00. The smallest absolute Gasteiger partial charge is 0.119 e. The van der Waals surface area contributed by atoms with E-state index in [9.17, 15) is 0 Å². The molecule has 24 heavy (non-hydrogen) atoms. The molecule has 1 atom stereocenters. The first-order valence-corrected chi connectivity index (χ1v) is 9.11. The Labute approximate surface area is 144 Å². The molecule has 3 rings (SSSR count). The third-order valence-electron chi connectivity index (χ3n) is 4.72. The molecule has 0 spiro atoms. The Morgan fingerprint density at radius 2 is 1.79 bits per heavy atom. The van der Waals surface area contributed by atoms with Crippen molar-refractivity contribution in [1.82, 2.24) is 4.98 Å². The molecule has 0 amide bonds. The van der Waals surface area contributed by atoms with Gasteiger partial charge in [-0.05, 0) is 54.3 Å². The molecule has 0 aliphatic rings. The second kappa shape index (κ2) is 8.05. The number of benzene rings is 2. The Morgan fingerprint density at radius 3 is 2.50 bits per heavy atom. The minimum absolute atomic E-state index is 0.665. The van der Waals surface area contributed by atoms with Crippen molar-refractivity contribution in [1.29, 1.82) is 0 Å². The van der Waals surface area contributed by atoms with E-state index in [1.54, 1.807) is 0 Å². The third kappa shape index (κ3) is 4.00. The van der Waals surface area contributed by atoms with Crippen molar-refractivity contribution < 1.29 is 4.74 Å². The summed E-state index contributed by atoms with van der Waals surface area (Å²) in [5.41, 5.74) is 3.52. The lowest BCUT2D eigenvalue weighted by molar-refractivity contribution is 0.233. The molecule has 0 fully saturated rings. The molecule has 126 valence electrons. The fourth-order valence-corrected chi connectivity index (χ4v) is 3.07. The minimum Gasteiger partial charge on any atom is -0.493 e. The van der Waals surface area contributed by atoms with Gasteiger partial charge >= 0.3 is 0 Å². The summed E-state index contributed by atoms with van der Waals surface area (Å²) in [4.78, 5) is 3.47. The quantitative estimate of drug-likeness (QED) is 0.508. The Bertz CT molecular complexity index is 724. The summed E-state index contributed by atoms with van der Waals surface area (Å²) in [7, 11) is 0. The summed E-state index contributed by atoms with van der Waals surface area (Å²) in [5.74, 6) is 1.63. The number of nitrogens with one attached hydrogen (secondary N) is 1. The van der Waals surface area contributed by atoms with Crippen LogP contribution in [-0.4, -0.2) is 11.6 Å². The fraction of sp³-hybridized carbons (Fsp3) is 0.364. The fourth-order valence-electron chi connectivity index (χ4n) is 3.07. The van der Waals surface area contributed by atoms with Crippen molar-refractivity contribution in [2.24, 2.45) is 5.92 Å². The van der Waals surface area contributed by atoms with E-state index in [2.05, 4.69) is 73.4 Å². The molecule has 0 aliphatic carbocycles. The maximum atomic E-state index is 6.00. The molecule has 1 aromatic heterocycles. The second-order valence-corrected chi connectivity index (χ2v) is 6.52. The first-order valence-electron chi connectivity index (χ1n) is 9.11. The molecule has 2 heteroatoms. The van der Waals surface area contributed by atoms with Crippen LogP contribution in [0.2, 0.25) is 0 Å². The molecule has 0 saturated carbocycles. The number of fused-ring (bicyclic) bond motifs is 1. The van der Waals surface area contributed by atoms with Gasteiger partial charge in [0.2, 0.25) is 0 Å². The van der Waals surface area contributed by atoms with Gasteiger partial charge in [0.05, 0.1) is 6.61 Å². The number of para-hydroxylation sites is 1. The Kier molecular flexibility index (Phi) is 5.58. The molecule has 0 radical (unpaired) electrons. The van der Waals surface area contributed by atoms with E-state index < -0.39 is 0 Å². The zero-order valence-corrected chi connectivity index (χ0v) is 14.7. The van der Waals surface area contributed by atoms with Crippen molar-refractivity contribution >= 4 is 10.9 Å². The van der Waals surface area contributed by atoms with Gasteiger partial charge in [0.25, 0.3) is 0 Å². The number of unbranched alkanes of at least 4 members (excludes halogenated alkanes) is 1. The molecule has 2 aromatic carbocycles. The van der Waals surface area contributed by atoms with E-state index in [1.165, 1.54) is 42.1 Å². The number of H-pyrrole nitrogens is 1. The molecule has 0 bridgehead atoms. The standard InChI is InChI=1S/C22H27NO/c1-3-5-8-17(4-2)16-24-20-13-11-18(12-14-20)22-15-19-9-6-7-10-21(19)23-22/h6-7,9-15,17,23H,3-5,8,16H2,1-2H3. The van der Waals surface area contributed by atoms with E-state index in [1.807, 2.05) is 0 Å². The number of aromatic nitrogens is 1. The molecule has 1 heterocycles. The maximum Gasteiger partial charge on any atom is 0.119 e. The predicted octanol–water partition coefficient (Wildman–Crippen LogP) is 6.43. The van der Waals surface area contributed by atoms with Crippen molar-refractivity contribution in [2.45, 2.75) is 39.5 Å². The largest absolute Gasteiger partial charge is 0.493 e. The van der Waals surface area contributed by atoms with Crippen molar-refractivity contribution in [2.75, 3.05) is 6.61 Å². The van der Waals surface area contributed by atoms with Gasteiger partial charge in [-0.25, -0.2) is 0 Å². The first-order chi connectivity index (χ1) is 11.8. The summed E-state index contributed by atoms with van der Waals surface area (Å²) >= 11 is 0. The van der Waals surface area contributed by atoms with Gasteiger partial charge in [-0.2, -0.15) is 0 Å². The van der Waals surface area contributed by atoms with Gasteiger partial charge in [0.15, 0.2) is 0 Å². The van der Waals surface area contributed by atoms with Crippen LogP contribution in [0.3, 0.4) is 0 Å². The molecule has 0 aliphatic heterocycles. The lowest BCUT2D eigenvalue weighted by Crippen LogP contribution is -2.11. The number of hydrogen-bond donors (Lipinski definition) is 1. The van der Waals surface area contributed by atoms with Crippen LogP contribution in [0, 0.1) is 5.92 Å². The lowest BCUT2D eigenvalue weighted by atomic mass is 10.0. The van der Waals surface area contributed by atoms with Crippen LogP contribution in [0.15, 0.2) is 54.6 Å². The Balaban J connectivity index is 1.64. The maximum absolute atomic E-state index is 6.00. The highest BCUT2D eigenvalue weighted by Gasteiger charge is 2.07. The molecular formula is C22H27NO. The summed E-state index contributed by atoms with van der Waals surface area (Å²) in [6.45, 7) is 5.32. The molecule has 1 unspecified atom stereocenters. The molecular weight excluding hydrogens is 294 g/mol. The Morgan fingerprint density at radius 1 is 1.00 bits per heavy atom. The van der Waals surface area contributed by atoms with E-state index in [-0.39, 0.29) is 0 Å². The molecule has 1 N–H and O–H groups in total. The minimum atomic E-state index is 0.665. The highest BCUT2D eigenvalue weighted by molar-refractivity contribution is 5.85. The van der Waals surface area contributed by atoms with E-state index >= 15 is 0 Å². The Hall–Kier alpha value is -2.22. The first kappa shape index (κ1) is 16.6. The van der Waals surface area contributed by atoms with Gasteiger partial charge in [-0.1, -0.05) is 51.3 Å². The van der Waals surface area contributed by atoms with Gasteiger partial charge in [0, 0.05) is 16.6 Å². The van der Waals surface area contributed by atoms with Crippen LogP contribution < -0.4 is 4.74 Å². The lowest BCUT2D eigenvalue weighted by Gasteiger charge is -2.15. The topological polar surface area (TPSA) is 25.0 Å². The van der Waals surface area contributed by atoms with Crippen LogP contribution in [0.4, 0.5) is 0 Å². The molecule has 0 saturated heterocycles. The van der Waals surface area contributed by atoms with Gasteiger partial charge in [-0.3, -0.25) is 0 Å². The number of rotatable bonds is 8. The normalized spacial score (nSPS) is 12.4. The number of aromatic amines is 1. The number of hydrogen-bond acceptors (Lipinski definition) is 1. The summed E-state index contributed by atoms with van der Waals surface area (Å²) in [6, 6.07) is 19.0. The zero-order chi connectivity index (χ0) is 16.8. The monoisotopic (exact) mass is 321 g/mol. The molecule has 3 aromatic rings. The van der Waals surface area contributed by atoms with E-state index in [0.29, 0.717) is 5.92 Å². The van der Waals surface area contributed by atoms with Crippen LogP contribution in [-0.2, 0) is 0 Å². The van der Waals surface area contributed by atoms with E-state index in [4.69, 9.17) is 4.74 Å². The highest BCUT2D eigenvalue weighted by Crippen LogP contribution is 2.26. The van der Waals surface area contributed by atoms with Gasteiger partial charge in [0.1, 0.15) is 5.75 Å². The van der Waals surface area contributed by atoms with Crippen LogP contribution in [0.1, 0.15) is 39.5 Å². The molecule has 2 nitrogen and oxygen atoms in total. The van der Waals surface area contributed by atoms with Crippen molar-refractivity contribution in [3.63, 3.8) is 0 Å². The summed E-state index contributed by atoms with van der Waals surface area (Å²) in [6.07, 6.45) is 5.00. The van der Waals surface area contributed by atoms with Gasteiger partial charge < -0.3 is 9.72 Å². The highest BCUT2D eigenvalue weighted by atomic mass is 16.5. The average molecular weight is 321 g/mol. The van der Waals surface area contributed by atoms with Crippen LogP contribution in [0.25, 0.3) is 22.2 Å². The van der Waals surface area contributed by atoms with Crippen LogP contribution >= 0.6 is 0 Å². The number of ether oxygens (including phenoxy) is 1. The SMILES string of the molecule is CCCCC(CC)COc1ccc(-c2cc3ccccc3[nH]2)cc1. The van der Waals surface area contributed by atoms with Crippen LogP contribution in [0.5, 0.6) is 5.75 Å². The summed E-state index contributed by atoms with van der Waals surface area (Å²) in [5, 5.41) is 1.24.